The van der Waals surface area contributed by atoms with E-state index in [1.54, 1.807) is 24.3 Å². The zero-order valence-electron chi connectivity index (χ0n) is 11.7. The van der Waals surface area contributed by atoms with Crippen LogP contribution < -0.4 is 4.72 Å². The van der Waals surface area contributed by atoms with Crippen LogP contribution in [-0.2, 0) is 15.6 Å². The van der Waals surface area contributed by atoms with E-state index in [1.165, 1.54) is 18.4 Å². The highest BCUT2D eigenvalue weighted by atomic mass is 35.5. The number of nitrogens with one attached hydrogen (secondary N) is 1. The summed E-state index contributed by atoms with van der Waals surface area (Å²) in [6.45, 7) is -0.154. The van der Waals surface area contributed by atoms with Crippen LogP contribution in [0.3, 0.4) is 0 Å². The van der Waals surface area contributed by atoms with Gasteiger partial charge < -0.3 is 9.52 Å². The van der Waals surface area contributed by atoms with E-state index in [4.69, 9.17) is 16.0 Å². The van der Waals surface area contributed by atoms with Crippen LogP contribution in [0.15, 0.2) is 52.0 Å². The van der Waals surface area contributed by atoms with Crippen molar-refractivity contribution < 1.29 is 17.9 Å². The Labute approximate surface area is 134 Å². The number of benzene rings is 1. The number of aliphatic hydroxyl groups is 1. The number of rotatable bonds is 6. The van der Waals surface area contributed by atoms with E-state index in [0.717, 1.165) is 12.8 Å². The van der Waals surface area contributed by atoms with Gasteiger partial charge in [-0.05, 0) is 43.0 Å². The summed E-state index contributed by atoms with van der Waals surface area (Å²) in [4.78, 5) is -0.00532. The van der Waals surface area contributed by atoms with Crippen molar-refractivity contribution in [2.24, 2.45) is 5.92 Å². The van der Waals surface area contributed by atoms with Crippen LogP contribution in [0.4, 0.5) is 0 Å². The molecule has 1 heterocycles. The molecule has 7 heteroatoms. The minimum absolute atomic E-state index is 0.00532. The lowest BCUT2D eigenvalue weighted by Gasteiger charge is -2.26. The molecule has 1 fully saturated rings. The highest BCUT2D eigenvalue weighted by molar-refractivity contribution is 7.89. The number of sulfonamides is 1. The van der Waals surface area contributed by atoms with Crippen molar-refractivity contribution in [3.8, 4) is 0 Å². The number of halogens is 1. The largest absolute Gasteiger partial charge is 0.466 e. The molecule has 3 rings (SSSR count). The van der Waals surface area contributed by atoms with Gasteiger partial charge in [-0.15, -0.1) is 0 Å². The van der Waals surface area contributed by atoms with Crippen LogP contribution in [0.25, 0.3) is 0 Å². The van der Waals surface area contributed by atoms with Gasteiger partial charge in [0.25, 0.3) is 0 Å². The second kappa shape index (κ2) is 5.70. The van der Waals surface area contributed by atoms with Gasteiger partial charge in [-0.1, -0.05) is 23.7 Å². The predicted octanol–water partition coefficient (Wildman–Crippen LogP) is 2.51. The molecule has 118 valence electrons. The summed E-state index contributed by atoms with van der Waals surface area (Å²) >= 11 is 5.93. The van der Waals surface area contributed by atoms with Crippen LogP contribution in [0.5, 0.6) is 0 Å². The summed E-state index contributed by atoms with van der Waals surface area (Å²) < 4.78 is 32.5. The molecule has 0 spiro atoms. The second-order valence-corrected chi connectivity index (χ2v) is 7.57. The molecule has 0 amide bonds. The minimum Gasteiger partial charge on any atom is -0.466 e. The van der Waals surface area contributed by atoms with Gasteiger partial charge in [0.05, 0.1) is 11.3 Å². The molecule has 1 aliphatic rings. The molecule has 1 saturated carbocycles. The zero-order valence-corrected chi connectivity index (χ0v) is 13.3. The Kier molecular flexibility index (Phi) is 4.03. The van der Waals surface area contributed by atoms with Crippen molar-refractivity contribution in [3.05, 3.63) is 53.4 Å². The molecule has 0 radical (unpaired) electrons. The van der Waals surface area contributed by atoms with Crippen LogP contribution in [0.1, 0.15) is 18.6 Å². The SMILES string of the molecule is O=S(=O)(NC[C@@](O)(c1ccco1)C1CC1)c1ccccc1Cl. The monoisotopic (exact) mass is 341 g/mol. The molecule has 5 nitrogen and oxygen atoms in total. The molecule has 2 N–H and O–H groups in total. The average Bonchev–Trinajstić information content (AvgIpc) is 3.20. The van der Waals surface area contributed by atoms with Gasteiger partial charge >= 0.3 is 0 Å². The third kappa shape index (κ3) is 2.92. The van der Waals surface area contributed by atoms with E-state index in [9.17, 15) is 13.5 Å². The van der Waals surface area contributed by atoms with Crippen molar-refractivity contribution in [3.63, 3.8) is 0 Å². The Morgan fingerprint density at radius 1 is 1.27 bits per heavy atom. The van der Waals surface area contributed by atoms with E-state index < -0.39 is 15.6 Å². The Morgan fingerprint density at radius 3 is 2.59 bits per heavy atom. The van der Waals surface area contributed by atoms with Crippen molar-refractivity contribution >= 4 is 21.6 Å². The fourth-order valence-corrected chi connectivity index (χ4v) is 4.05. The Hall–Kier alpha value is -1.34. The van der Waals surface area contributed by atoms with Gasteiger partial charge in [0.15, 0.2) is 0 Å². The van der Waals surface area contributed by atoms with Crippen molar-refractivity contribution in [2.45, 2.75) is 23.3 Å². The molecule has 0 unspecified atom stereocenters. The van der Waals surface area contributed by atoms with E-state index in [-0.39, 0.29) is 22.4 Å². The van der Waals surface area contributed by atoms with E-state index in [0.29, 0.717) is 5.76 Å². The van der Waals surface area contributed by atoms with E-state index >= 15 is 0 Å². The summed E-state index contributed by atoms with van der Waals surface area (Å²) in [5, 5.41) is 11.0. The normalized spacial score (nSPS) is 18.1. The predicted molar refractivity (Wildman–Crippen MR) is 82.0 cm³/mol. The number of hydrogen-bond donors (Lipinski definition) is 2. The van der Waals surface area contributed by atoms with E-state index in [2.05, 4.69) is 4.72 Å². The highest BCUT2D eigenvalue weighted by Crippen LogP contribution is 2.45. The van der Waals surface area contributed by atoms with Gasteiger partial charge in [-0.2, -0.15) is 0 Å². The van der Waals surface area contributed by atoms with Gasteiger partial charge in [-0.25, -0.2) is 13.1 Å². The molecule has 22 heavy (non-hydrogen) atoms. The van der Waals surface area contributed by atoms with Crippen LogP contribution >= 0.6 is 11.6 Å². The Morgan fingerprint density at radius 2 is 2.00 bits per heavy atom. The van der Waals surface area contributed by atoms with Crippen LogP contribution in [0, 0.1) is 5.92 Å². The Bertz CT molecular complexity index is 756. The van der Waals surface area contributed by atoms with Crippen LogP contribution in [-0.4, -0.2) is 20.1 Å². The average molecular weight is 342 g/mol. The summed E-state index contributed by atoms with van der Waals surface area (Å²) in [5.74, 6) is 0.365. The molecule has 1 aromatic carbocycles. The first-order chi connectivity index (χ1) is 10.4. The maximum atomic E-state index is 12.4. The second-order valence-electron chi connectivity index (χ2n) is 5.43. The zero-order chi connectivity index (χ0) is 15.8. The number of furan rings is 1. The summed E-state index contributed by atoms with van der Waals surface area (Å²) in [6, 6.07) is 9.52. The minimum atomic E-state index is -3.80. The molecule has 0 aliphatic heterocycles. The van der Waals surface area contributed by atoms with Gasteiger partial charge in [0.2, 0.25) is 10.0 Å². The molecular weight excluding hydrogens is 326 g/mol. The maximum Gasteiger partial charge on any atom is 0.242 e. The third-order valence-electron chi connectivity index (χ3n) is 3.86. The molecule has 0 bridgehead atoms. The first-order valence-electron chi connectivity index (χ1n) is 6.94. The van der Waals surface area contributed by atoms with Gasteiger partial charge in [0, 0.05) is 6.54 Å². The smallest absolute Gasteiger partial charge is 0.242 e. The highest BCUT2D eigenvalue weighted by Gasteiger charge is 2.47. The van der Waals surface area contributed by atoms with Gasteiger partial charge in [-0.3, -0.25) is 0 Å². The van der Waals surface area contributed by atoms with Gasteiger partial charge in [0.1, 0.15) is 16.3 Å². The molecule has 1 aliphatic carbocycles. The third-order valence-corrected chi connectivity index (χ3v) is 5.76. The Balaban J connectivity index is 1.83. The lowest BCUT2D eigenvalue weighted by molar-refractivity contribution is -0.00224. The summed E-state index contributed by atoms with van der Waals surface area (Å²) in [6.07, 6.45) is 3.14. The quantitative estimate of drug-likeness (QED) is 0.846. The summed E-state index contributed by atoms with van der Waals surface area (Å²) in [5.41, 5.74) is -1.34. The first kappa shape index (κ1) is 15.6. The molecule has 1 aromatic heterocycles. The maximum absolute atomic E-state index is 12.4. The first-order valence-corrected chi connectivity index (χ1v) is 8.80. The van der Waals surface area contributed by atoms with Crippen molar-refractivity contribution in [2.75, 3.05) is 6.54 Å². The standard InChI is InChI=1S/C15H16ClNO4S/c16-12-4-1-2-5-13(12)22(19,20)17-10-15(18,11-7-8-11)14-6-3-9-21-14/h1-6,9,11,17-18H,7-8,10H2/t15-/m0/s1. The van der Waals surface area contributed by atoms with Crippen molar-refractivity contribution in [1.29, 1.82) is 0 Å². The fourth-order valence-electron chi connectivity index (χ4n) is 2.46. The topological polar surface area (TPSA) is 79.5 Å². The molecule has 2 aromatic rings. The lowest BCUT2D eigenvalue weighted by Crippen LogP contribution is -2.42. The fraction of sp³-hybridized carbons (Fsp3) is 0.333. The van der Waals surface area contributed by atoms with Crippen LogP contribution in [0.2, 0.25) is 5.02 Å². The molecule has 0 saturated heterocycles. The molecular formula is C15H16ClNO4S. The van der Waals surface area contributed by atoms with Crippen molar-refractivity contribution in [1.82, 2.24) is 4.72 Å². The molecule has 1 atom stereocenters. The number of hydrogen-bond acceptors (Lipinski definition) is 4. The lowest BCUT2D eigenvalue weighted by atomic mass is 9.95. The summed E-state index contributed by atoms with van der Waals surface area (Å²) in [7, 11) is -3.80. The van der Waals surface area contributed by atoms with E-state index in [1.807, 2.05) is 0 Å².